The van der Waals surface area contributed by atoms with Crippen molar-refractivity contribution in [3.8, 4) is 0 Å². The van der Waals surface area contributed by atoms with Crippen molar-refractivity contribution in [3.05, 3.63) is 48.0 Å². The zero-order valence-corrected chi connectivity index (χ0v) is 19.8. The van der Waals surface area contributed by atoms with Gasteiger partial charge in [0.1, 0.15) is 6.61 Å². The summed E-state index contributed by atoms with van der Waals surface area (Å²) in [7, 11) is 0. The first-order chi connectivity index (χ1) is 16.8. The molecule has 4 rings (SSSR count). The smallest absolute Gasteiger partial charge is 0.372 e. The van der Waals surface area contributed by atoms with E-state index in [1.165, 1.54) is 0 Å². The van der Waals surface area contributed by atoms with E-state index in [-0.39, 0.29) is 24.3 Å². The van der Waals surface area contributed by atoms with Crippen LogP contribution in [0.4, 0.5) is 13.2 Å². The zero-order valence-electron chi connectivity index (χ0n) is 19.8. The number of fused-ring (bicyclic) bond motifs is 1. The van der Waals surface area contributed by atoms with Gasteiger partial charge < -0.3 is 14.5 Å². The fourth-order valence-corrected chi connectivity index (χ4v) is 4.97. The van der Waals surface area contributed by atoms with Crippen LogP contribution in [-0.2, 0) is 9.53 Å². The number of halogens is 3. The Morgan fingerprint density at radius 1 is 0.943 bits per heavy atom. The summed E-state index contributed by atoms with van der Waals surface area (Å²) in [6.45, 7) is 3.15. The molecule has 35 heavy (non-hydrogen) atoms. The van der Waals surface area contributed by atoms with Crippen LogP contribution in [0.2, 0.25) is 0 Å². The molecule has 2 amide bonds. The van der Waals surface area contributed by atoms with Gasteiger partial charge in [0.2, 0.25) is 5.91 Å². The first kappa shape index (κ1) is 25.4. The first-order valence-corrected chi connectivity index (χ1v) is 12.2. The molecule has 0 radical (unpaired) electrons. The third kappa shape index (κ3) is 6.73. The van der Waals surface area contributed by atoms with Gasteiger partial charge in [-0.05, 0) is 36.1 Å². The van der Waals surface area contributed by atoms with Gasteiger partial charge in [-0.2, -0.15) is 13.2 Å². The summed E-state index contributed by atoms with van der Waals surface area (Å²) in [6.07, 6.45) is -2.20. The standard InChI is InChI=1S/C26H32F3N3O3/c27-26(28,29)19-35-17-5-11-30-13-15-31(16-14-30)24(33)21-8-4-12-32(18-21)25(34)23-10-3-7-20-6-1-2-9-22(20)23/h1-3,6-7,9-10,21H,4-5,8,11-19H2. The van der Waals surface area contributed by atoms with Crippen LogP contribution in [0.1, 0.15) is 29.6 Å². The first-order valence-electron chi connectivity index (χ1n) is 12.2. The monoisotopic (exact) mass is 491 g/mol. The van der Waals surface area contributed by atoms with E-state index in [4.69, 9.17) is 0 Å². The molecular formula is C26H32F3N3O3. The summed E-state index contributed by atoms with van der Waals surface area (Å²) in [6, 6.07) is 13.6. The number of carbonyl (C=O) groups excluding carboxylic acids is 2. The van der Waals surface area contributed by atoms with Crippen molar-refractivity contribution in [2.75, 3.05) is 59.0 Å². The second-order valence-electron chi connectivity index (χ2n) is 9.31. The lowest BCUT2D eigenvalue weighted by molar-refractivity contribution is -0.174. The van der Waals surface area contributed by atoms with E-state index >= 15 is 0 Å². The largest absolute Gasteiger partial charge is 0.411 e. The molecule has 9 heteroatoms. The highest BCUT2D eigenvalue weighted by Gasteiger charge is 2.33. The number of nitrogens with zero attached hydrogens (tertiary/aromatic N) is 3. The maximum absolute atomic E-state index is 13.3. The van der Waals surface area contributed by atoms with E-state index in [0.717, 1.165) is 23.6 Å². The van der Waals surface area contributed by atoms with Gasteiger partial charge in [-0.1, -0.05) is 36.4 Å². The molecule has 2 fully saturated rings. The van der Waals surface area contributed by atoms with Crippen LogP contribution in [0.25, 0.3) is 10.8 Å². The Morgan fingerprint density at radius 3 is 2.46 bits per heavy atom. The number of ether oxygens (including phenoxy) is 1. The summed E-state index contributed by atoms with van der Waals surface area (Å²) < 4.78 is 41.1. The van der Waals surface area contributed by atoms with E-state index in [2.05, 4.69) is 9.64 Å². The SMILES string of the molecule is O=C(c1cccc2ccccc12)N1CCCC(C(=O)N2CCN(CCCOCC(F)(F)F)CC2)C1. The molecule has 0 aliphatic carbocycles. The van der Waals surface area contributed by atoms with Gasteiger partial charge in [0.25, 0.3) is 5.91 Å². The number of benzene rings is 2. The number of amides is 2. The van der Waals surface area contributed by atoms with Crippen molar-refractivity contribution in [3.63, 3.8) is 0 Å². The Labute approximate surface area is 203 Å². The highest BCUT2D eigenvalue weighted by molar-refractivity contribution is 6.07. The predicted octanol–water partition coefficient (Wildman–Crippen LogP) is 3.81. The van der Waals surface area contributed by atoms with E-state index in [1.54, 1.807) is 0 Å². The second-order valence-corrected chi connectivity index (χ2v) is 9.31. The summed E-state index contributed by atoms with van der Waals surface area (Å²) in [5.74, 6) is -0.143. The molecule has 2 aliphatic rings. The molecule has 190 valence electrons. The summed E-state index contributed by atoms with van der Waals surface area (Å²) in [5.41, 5.74) is 0.670. The van der Waals surface area contributed by atoms with Gasteiger partial charge in [-0.15, -0.1) is 0 Å². The molecule has 2 aromatic rings. The van der Waals surface area contributed by atoms with Crippen molar-refractivity contribution in [2.45, 2.75) is 25.4 Å². The average molecular weight is 492 g/mol. The van der Waals surface area contributed by atoms with Crippen LogP contribution in [0, 0.1) is 5.92 Å². The number of carbonyl (C=O) groups is 2. The van der Waals surface area contributed by atoms with E-state index < -0.39 is 12.8 Å². The highest BCUT2D eigenvalue weighted by Crippen LogP contribution is 2.25. The molecule has 0 bridgehead atoms. The third-order valence-corrected chi connectivity index (χ3v) is 6.79. The molecule has 1 atom stereocenters. The van der Waals surface area contributed by atoms with Crippen LogP contribution in [0.3, 0.4) is 0 Å². The van der Waals surface area contributed by atoms with Gasteiger partial charge in [0, 0.05) is 58.0 Å². The van der Waals surface area contributed by atoms with E-state index in [0.29, 0.717) is 57.8 Å². The number of likely N-dealkylation sites (tertiary alicyclic amines) is 1. The second kappa shape index (κ2) is 11.4. The molecule has 2 aromatic carbocycles. The maximum Gasteiger partial charge on any atom is 0.411 e. The molecule has 2 aliphatic heterocycles. The predicted molar refractivity (Wildman–Crippen MR) is 127 cm³/mol. The van der Waals surface area contributed by atoms with Crippen LogP contribution in [-0.4, -0.2) is 91.7 Å². The van der Waals surface area contributed by atoms with Gasteiger partial charge >= 0.3 is 6.18 Å². The quantitative estimate of drug-likeness (QED) is 0.553. The normalized spacial score (nSPS) is 19.8. The minimum atomic E-state index is -4.29. The molecule has 0 N–H and O–H groups in total. The average Bonchev–Trinajstić information content (AvgIpc) is 2.87. The number of alkyl halides is 3. The minimum absolute atomic E-state index is 0.0307. The van der Waals surface area contributed by atoms with Crippen molar-refractivity contribution >= 4 is 22.6 Å². The fourth-order valence-electron chi connectivity index (χ4n) is 4.97. The lowest BCUT2D eigenvalue weighted by atomic mass is 9.95. The Kier molecular flexibility index (Phi) is 8.28. The van der Waals surface area contributed by atoms with Crippen LogP contribution in [0.5, 0.6) is 0 Å². The molecule has 2 saturated heterocycles. The number of hydrogen-bond acceptors (Lipinski definition) is 4. The summed E-state index contributed by atoms with van der Waals surface area (Å²) in [4.78, 5) is 32.4. The number of piperazine rings is 1. The number of rotatable bonds is 7. The van der Waals surface area contributed by atoms with Crippen LogP contribution < -0.4 is 0 Å². The van der Waals surface area contributed by atoms with Crippen molar-refractivity contribution in [2.24, 2.45) is 5.92 Å². The van der Waals surface area contributed by atoms with Gasteiger partial charge in [0.05, 0.1) is 5.92 Å². The van der Waals surface area contributed by atoms with Crippen molar-refractivity contribution in [1.82, 2.24) is 14.7 Å². The summed E-state index contributed by atoms with van der Waals surface area (Å²) in [5, 5.41) is 1.95. The Bertz CT molecular complexity index is 1020. The lowest BCUT2D eigenvalue weighted by Crippen LogP contribution is -2.53. The Balaban J connectivity index is 1.26. The van der Waals surface area contributed by atoms with Crippen molar-refractivity contribution in [1.29, 1.82) is 0 Å². The lowest BCUT2D eigenvalue weighted by Gasteiger charge is -2.39. The molecule has 1 unspecified atom stereocenters. The van der Waals surface area contributed by atoms with E-state index in [9.17, 15) is 22.8 Å². The minimum Gasteiger partial charge on any atom is -0.372 e. The van der Waals surface area contributed by atoms with Gasteiger partial charge in [-0.3, -0.25) is 14.5 Å². The summed E-state index contributed by atoms with van der Waals surface area (Å²) >= 11 is 0. The van der Waals surface area contributed by atoms with Crippen LogP contribution >= 0.6 is 0 Å². The molecule has 0 aromatic heterocycles. The Hall–Kier alpha value is -2.65. The van der Waals surface area contributed by atoms with Gasteiger partial charge in [0.15, 0.2) is 0 Å². The maximum atomic E-state index is 13.3. The topological polar surface area (TPSA) is 53.1 Å². The number of hydrogen-bond donors (Lipinski definition) is 0. The fraction of sp³-hybridized carbons (Fsp3) is 0.538. The zero-order chi connectivity index (χ0) is 24.8. The van der Waals surface area contributed by atoms with E-state index in [1.807, 2.05) is 52.3 Å². The number of piperidine rings is 1. The highest BCUT2D eigenvalue weighted by atomic mass is 19.4. The van der Waals surface area contributed by atoms with Crippen LogP contribution in [0.15, 0.2) is 42.5 Å². The third-order valence-electron chi connectivity index (χ3n) is 6.79. The molecular weight excluding hydrogens is 459 g/mol. The van der Waals surface area contributed by atoms with Gasteiger partial charge in [-0.25, -0.2) is 0 Å². The Morgan fingerprint density at radius 2 is 1.69 bits per heavy atom. The van der Waals surface area contributed by atoms with Crippen molar-refractivity contribution < 1.29 is 27.5 Å². The molecule has 2 heterocycles. The molecule has 0 saturated carbocycles. The molecule has 0 spiro atoms. The molecule has 6 nitrogen and oxygen atoms in total.